The van der Waals surface area contributed by atoms with E-state index in [0.717, 1.165) is 4.90 Å². The first-order valence-electron chi connectivity index (χ1n) is 9.51. The number of hydrogen-bond donors (Lipinski definition) is 1. The highest BCUT2D eigenvalue weighted by atomic mass is 19.1. The van der Waals surface area contributed by atoms with E-state index in [1.807, 2.05) is 0 Å². The second-order valence-electron chi connectivity index (χ2n) is 7.45. The van der Waals surface area contributed by atoms with Crippen molar-refractivity contribution in [3.8, 4) is 0 Å². The van der Waals surface area contributed by atoms with Crippen LogP contribution in [0.4, 0.5) is 10.1 Å². The topological polar surface area (TPSA) is 75.7 Å². The highest BCUT2D eigenvalue weighted by Gasteiger charge is 2.67. The monoisotopic (exact) mass is 396 g/mol. The van der Waals surface area contributed by atoms with Crippen molar-refractivity contribution in [2.75, 3.05) is 11.5 Å². The summed E-state index contributed by atoms with van der Waals surface area (Å²) < 4.78 is 18.6. The van der Waals surface area contributed by atoms with E-state index in [9.17, 15) is 18.8 Å². The fourth-order valence-electron chi connectivity index (χ4n) is 4.40. The van der Waals surface area contributed by atoms with Crippen LogP contribution in [0.5, 0.6) is 0 Å². The van der Waals surface area contributed by atoms with Gasteiger partial charge in [0.15, 0.2) is 0 Å². The third-order valence-electron chi connectivity index (χ3n) is 5.73. The lowest BCUT2D eigenvalue weighted by molar-refractivity contribution is -0.153. The predicted octanol–water partition coefficient (Wildman–Crippen LogP) is 2.60. The Kier molecular flexibility index (Phi) is 4.70. The van der Waals surface area contributed by atoms with Gasteiger partial charge < -0.3 is 4.74 Å². The Morgan fingerprint density at radius 2 is 1.76 bits per heavy atom. The summed E-state index contributed by atoms with van der Waals surface area (Å²) in [4.78, 5) is 40.7. The molecule has 1 N–H and O–H groups in total. The van der Waals surface area contributed by atoms with Crippen LogP contribution >= 0.6 is 0 Å². The van der Waals surface area contributed by atoms with Gasteiger partial charge in [0, 0.05) is 6.04 Å². The zero-order chi connectivity index (χ0) is 20.8. The molecular weight excluding hydrogens is 375 g/mol. The first kappa shape index (κ1) is 19.3. The number of ether oxygens (including phenoxy) is 1. The number of halogens is 1. The number of fused-ring (bicyclic) bond motifs is 1. The molecule has 2 aliphatic heterocycles. The predicted molar refractivity (Wildman–Crippen MR) is 103 cm³/mol. The molecule has 29 heavy (non-hydrogen) atoms. The van der Waals surface area contributed by atoms with Gasteiger partial charge in [-0.25, -0.2) is 9.29 Å². The molecule has 2 aliphatic rings. The number of esters is 1. The SMILES string of the molecule is CCOC(=O)[C@@]1(C)N[C@@H](c2ccc(F)cc2)[C@H]2C(=O)N(c3ccccc3)C(=O)[C@@H]21. The molecule has 0 spiro atoms. The summed E-state index contributed by atoms with van der Waals surface area (Å²) >= 11 is 0. The number of nitrogens with zero attached hydrogens (tertiary/aromatic N) is 1. The van der Waals surface area contributed by atoms with Crippen LogP contribution in [0, 0.1) is 17.7 Å². The van der Waals surface area contributed by atoms with E-state index in [4.69, 9.17) is 4.74 Å². The minimum Gasteiger partial charge on any atom is -0.465 e. The zero-order valence-electron chi connectivity index (χ0n) is 16.1. The Labute approximate surface area is 167 Å². The molecule has 2 saturated heterocycles. The molecule has 7 heteroatoms. The van der Waals surface area contributed by atoms with Crippen LogP contribution in [-0.4, -0.2) is 29.9 Å². The Hall–Kier alpha value is -3.06. The summed E-state index contributed by atoms with van der Waals surface area (Å²) in [6, 6.07) is 13.7. The molecule has 0 saturated carbocycles. The van der Waals surface area contributed by atoms with Crippen molar-refractivity contribution in [3.05, 3.63) is 66.0 Å². The minimum absolute atomic E-state index is 0.152. The summed E-state index contributed by atoms with van der Waals surface area (Å²) in [7, 11) is 0. The Morgan fingerprint density at radius 3 is 2.38 bits per heavy atom. The smallest absolute Gasteiger partial charge is 0.326 e. The largest absolute Gasteiger partial charge is 0.465 e. The molecular formula is C22H21FN2O4. The number of carbonyl (C=O) groups excluding carboxylic acids is 3. The van der Waals surface area contributed by atoms with E-state index in [-0.39, 0.29) is 12.5 Å². The van der Waals surface area contributed by atoms with Crippen molar-refractivity contribution in [3.63, 3.8) is 0 Å². The van der Waals surface area contributed by atoms with E-state index in [2.05, 4.69) is 5.32 Å². The number of imide groups is 1. The third kappa shape index (κ3) is 2.93. The fourth-order valence-corrected chi connectivity index (χ4v) is 4.40. The Balaban J connectivity index is 1.81. The standard InChI is InChI=1S/C22H21FN2O4/c1-3-29-21(28)22(2)17-16(18(24-22)13-9-11-14(23)12-10-13)19(26)25(20(17)27)15-7-5-4-6-8-15/h4-12,16-18,24H,3H2,1-2H3/t16-,17+,18-,22-/m0/s1. The summed E-state index contributed by atoms with van der Waals surface area (Å²) in [5, 5.41) is 3.16. The maximum atomic E-state index is 13.4. The lowest BCUT2D eigenvalue weighted by Crippen LogP contribution is -2.54. The quantitative estimate of drug-likeness (QED) is 0.635. The van der Waals surface area contributed by atoms with Crippen LogP contribution in [0.25, 0.3) is 0 Å². The van der Waals surface area contributed by atoms with Gasteiger partial charge in [0.05, 0.1) is 24.1 Å². The highest BCUT2D eigenvalue weighted by Crippen LogP contribution is 2.49. The molecule has 4 atom stereocenters. The van der Waals surface area contributed by atoms with Gasteiger partial charge in [0.1, 0.15) is 11.4 Å². The van der Waals surface area contributed by atoms with Crippen LogP contribution in [0.15, 0.2) is 54.6 Å². The minimum atomic E-state index is -1.38. The summed E-state index contributed by atoms with van der Waals surface area (Å²) in [6.45, 7) is 3.42. The van der Waals surface area contributed by atoms with Crippen LogP contribution in [0.1, 0.15) is 25.5 Å². The normalized spacial score (nSPS) is 28.5. The molecule has 2 fully saturated rings. The van der Waals surface area contributed by atoms with Gasteiger partial charge in [-0.2, -0.15) is 0 Å². The van der Waals surface area contributed by atoms with Crippen molar-refractivity contribution in [2.45, 2.75) is 25.4 Å². The summed E-state index contributed by atoms with van der Waals surface area (Å²) in [5.41, 5.74) is -0.290. The van der Waals surface area contributed by atoms with Crippen LogP contribution in [0.2, 0.25) is 0 Å². The van der Waals surface area contributed by atoms with Gasteiger partial charge in [-0.1, -0.05) is 30.3 Å². The number of rotatable bonds is 4. The molecule has 0 bridgehead atoms. The van der Waals surface area contributed by atoms with E-state index in [1.165, 1.54) is 12.1 Å². The Morgan fingerprint density at radius 1 is 1.10 bits per heavy atom. The van der Waals surface area contributed by atoms with Crippen LogP contribution in [0.3, 0.4) is 0 Å². The Bertz CT molecular complexity index is 963. The first-order valence-corrected chi connectivity index (χ1v) is 9.51. The number of benzene rings is 2. The van der Waals surface area contributed by atoms with Crippen molar-refractivity contribution < 1.29 is 23.5 Å². The van der Waals surface area contributed by atoms with Gasteiger partial charge in [-0.15, -0.1) is 0 Å². The number of anilines is 1. The van der Waals surface area contributed by atoms with Gasteiger partial charge in [-0.05, 0) is 43.7 Å². The second kappa shape index (κ2) is 7.08. The third-order valence-corrected chi connectivity index (χ3v) is 5.73. The average Bonchev–Trinajstić information content (AvgIpc) is 3.17. The lowest BCUT2D eigenvalue weighted by Gasteiger charge is -2.29. The molecule has 2 aromatic carbocycles. The van der Waals surface area contributed by atoms with Crippen LogP contribution in [-0.2, 0) is 19.1 Å². The average molecular weight is 396 g/mol. The zero-order valence-corrected chi connectivity index (χ0v) is 16.1. The molecule has 0 radical (unpaired) electrons. The molecule has 2 heterocycles. The first-order chi connectivity index (χ1) is 13.9. The number of amides is 2. The van der Waals surface area contributed by atoms with E-state index in [1.54, 1.807) is 56.3 Å². The van der Waals surface area contributed by atoms with Gasteiger partial charge in [0.2, 0.25) is 11.8 Å². The molecule has 0 unspecified atom stereocenters. The number of nitrogens with one attached hydrogen (secondary N) is 1. The van der Waals surface area contributed by atoms with E-state index in [0.29, 0.717) is 11.3 Å². The fraction of sp³-hybridized carbons (Fsp3) is 0.318. The van der Waals surface area contributed by atoms with Crippen molar-refractivity contribution in [1.29, 1.82) is 0 Å². The summed E-state index contributed by atoms with van der Waals surface area (Å²) in [5.74, 6) is -3.56. The molecule has 2 amide bonds. The van der Waals surface area contributed by atoms with Gasteiger partial charge in [0.25, 0.3) is 0 Å². The molecule has 0 aromatic heterocycles. The van der Waals surface area contributed by atoms with E-state index >= 15 is 0 Å². The maximum Gasteiger partial charge on any atom is 0.326 e. The van der Waals surface area contributed by atoms with Crippen molar-refractivity contribution in [2.24, 2.45) is 11.8 Å². The number of carbonyl (C=O) groups is 3. The maximum absolute atomic E-state index is 13.4. The van der Waals surface area contributed by atoms with Crippen molar-refractivity contribution in [1.82, 2.24) is 5.32 Å². The highest BCUT2D eigenvalue weighted by molar-refractivity contribution is 6.24. The number of para-hydroxylation sites is 1. The molecule has 150 valence electrons. The summed E-state index contributed by atoms with van der Waals surface area (Å²) in [6.07, 6.45) is 0. The van der Waals surface area contributed by atoms with Crippen LogP contribution < -0.4 is 10.2 Å². The van der Waals surface area contributed by atoms with Crippen molar-refractivity contribution >= 4 is 23.5 Å². The molecule has 0 aliphatic carbocycles. The molecule has 6 nitrogen and oxygen atoms in total. The molecule has 2 aromatic rings. The van der Waals surface area contributed by atoms with E-state index < -0.39 is 41.1 Å². The van der Waals surface area contributed by atoms with Gasteiger partial charge >= 0.3 is 5.97 Å². The van der Waals surface area contributed by atoms with Gasteiger partial charge in [-0.3, -0.25) is 19.7 Å². The second-order valence-corrected chi connectivity index (χ2v) is 7.45. The lowest BCUT2D eigenvalue weighted by atomic mass is 9.80. The molecule has 4 rings (SSSR count). The number of hydrogen-bond acceptors (Lipinski definition) is 5.